The summed E-state index contributed by atoms with van der Waals surface area (Å²) in [4.78, 5) is 17.5. The molecule has 0 fully saturated rings. The van der Waals surface area contributed by atoms with Gasteiger partial charge in [0, 0.05) is 29.8 Å². The number of nitrogens with one attached hydrogen (secondary N) is 1. The Bertz CT molecular complexity index is 1500. The number of H-pyrrole nitrogens is 1. The molecule has 0 atom stereocenters. The monoisotopic (exact) mass is 489 g/mol. The number of hydrogen-bond donors (Lipinski definition) is 1. The molecule has 3 aromatic heterocycles. The van der Waals surface area contributed by atoms with Crippen LogP contribution in [0, 0.1) is 5.82 Å². The number of nitrogens with zero attached hydrogens (tertiary/aromatic N) is 6. The van der Waals surface area contributed by atoms with Crippen LogP contribution >= 0.6 is 11.6 Å². The summed E-state index contributed by atoms with van der Waals surface area (Å²) in [5.74, 6) is -0.0833. The average molecular weight is 490 g/mol. The normalized spacial score (nSPS) is 11.2. The molecule has 176 valence electrons. The SMILES string of the molecule is CCCc1cn(-c2c(F)cccc2Cl)c(=O)n1Cc1ccc(-c2ccncc2-c2nn[nH]n2)cc1. The van der Waals surface area contributed by atoms with Gasteiger partial charge in [0.2, 0.25) is 5.82 Å². The first kappa shape index (κ1) is 22.7. The summed E-state index contributed by atoms with van der Waals surface area (Å²) < 4.78 is 17.5. The van der Waals surface area contributed by atoms with Crippen LogP contribution in [0.1, 0.15) is 24.6 Å². The number of benzene rings is 2. The van der Waals surface area contributed by atoms with E-state index in [9.17, 15) is 9.18 Å². The topological polar surface area (TPSA) is 94.3 Å². The van der Waals surface area contributed by atoms with Crippen molar-refractivity contribution in [2.75, 3.05) is 0 Å². The van der Waals surface area contributed by atoms with E-state index in [1.807, 2.05) is 37.3 Å². The van der Waals surface area contributed by atoms with Gasteiger partial charge in [0.05, 0.1) is 11.6 Å². The Morgan fingerprint density at radius 3 is 2.63 bits per heavy atom. The Balaban J connectivity index is 1.49. The second-order valence-corrected chi connectivity index (χ2v) is 8.44. The first-order chi connectivity index (χ1) is 17.1. The van der Waals surface area contributed by atoms with Crippen LogP contribution in [0.3, 0.4) is 0 Å². The zero-order valence-electron chi connectivity index (χ0n) is 18.8. The summed E-state index contributed by atoms with van der Waals surface area (Å²) in [6.07, 6.45) is 6.60. The maximum Gasteiger partial charge on any atom is 0.333 e. The average Bonchev–Trinajstić information content (AvgIpc) is 3.50. The van der Waals surface area contributed by atoms with Crippen LogP contribution in [0.2, 0.25) is 5.02 Å². The van der Waals surface area contributed by atoms with Crippen molar-refractivity contribution in [3.8, 4) is 28.2 Å². The Morgan fingerprint density at radius 2 is 1.91 bits per heavy atom. The van der Waals surface area contributed by atoms with Crippen LogP contribution in [0.5, 0.6) is 0 Å². The lowest BCUT2D eigenvalue weighted by molar-refractivity contribution is 0.613. The number of rotatable bonds is 7. The number of hydrogen-bond acceptors (Lipinski definition) is 5. The van der Waals surface area contributed by atoms with E-state index >= 15 is 0 Å². The molecule has 5 aromatic rings. The lowest BCUT2D eigenvalue weighted by Crippen LogP contribution is -2.25. The molecule has 10 heteroatoms. The van der Waals surface area contributed by atoms with Crippen molar-refractivity contribution in [2.45, 2.75) is 26.3 Å². The molecule has 3 heterocycles. The highest BCUT2D eigenvalue weighted by atomic mass is 35.5. The third-order valence-electron chi connectivity index (χ3n) is 5.76. The van der Waals surface area contributed by atoms with Crippen molar-refractivity contribution in [3.05, 3.63) is 99.7 Å². The molecule has 0 aliphatic rings. The molecule has 0 aliphatic carbocycles. The fraction of sp³-hybridized carbons (Fsp3) is 0.160. The summed E-state index contributed by atoms with van der Waals surface area (Å²) in [5.41, 5.74) is 4.10. The van der Waals surface area contributed by atoms with Crippen LogP contribution in [0.4, 0.5) is 4.39 Å². The smallest absolute Gasteiger partial charge is 0.292 e. The minimum atomic E-state index is -0.543. The van der Waals surface area contributed by atoms with Crippen molar-refractivity contribution in [2.24, 2.45) is 0 Å². The lowest BCUT2D eigenvalue weighted by atomic mass is 10.00. The largest absolute Gasteiger partial charge is 0.333 e. The number of aromatic nitrogens is 7. The molecule has 8 nitrogen and oxygen atoms in total. The molecule has 0 aliphatic heterocycles. The summed E-state index contributed by atoms with van der Waals surface area (Å²) >= 11 is 6.23. The van der Waals surface area contributed by atoms with Crippen molar-refractivity contribution in [3.63, 3.8) is 0 Å². The van der Waals surface area contributed by atoms with Gasteiger partial charge in [-0.15, -0.1) is 10.2 Å². The van der Waals surface area contributed by atoms with Gasteiger partial charge < -0.3 is 0 Å². The van der Waals surface area contributed by atoms with Crippen LogP contribution < -0.4 is 5.69 Å². The number of aryl methyl sites for hydroxylation is 1. The number of pyridine rings is 1. The van der Waals surface area contributed by atoms with Crippen LogP contribution in [0.15, 0.2) is 71.9 Å². The van der Waals surface area contributed by atoms with E-state index in [1.165, 1.54) is 16.7 Å². The summed E-state index contributed by atoms with van der Waals surface area (Å²) in [6.45, 7) is 2.38. The van der Waals surface area contributed by atoms with Crippen molar-refractivity contribution in [1.29, 1.82) is 0 Å². The zero-order valence-corrected chi connectivity index (χ0v) is 19.6. The maximum atomic E-state index is 14.5. The van der Waals surface area contributed by atoms with Crippen molar-refractivity contribution >= 4 is 11.6 Å². The highest BCUT2D eigenvalue weighted by Crippen LogP contribution is 2.29. The van der Waals surface area contributed by atoms with Gasteiger partial charge in [0.25, 0.3) is 0 Å². The molecule has 5 rings (SSSR count). The van der Waals surface area contributed by atoms with Crippen LogP contribution in [0.25, 0.3) is 28.2 Å². The molecular weight excluding hydrogens is 469 g/mol. The predicted octanol–water partition coefficient (Wildman–Crippen LogP) is 4.67. The minimum Gasteiger partial charge on any atom is -0.292 e. The summed E-state index contributed by atoms with van der Waals surface area (Å²) in [6, 6.07) is 14.2. The van der Waals surface area contributed by atoms with Crippen molar-refractivity contribution < 1.29 is 4.39 Å². The standard InChI is InChI=1S/C25H21ClFN7O/c1-2-4-18-15-34(23-21(26)5-3-6-22(23)27)25(35)33(18)14-16-7-9-17(10-8-16)19-11-12-28-13-20(19)24-29-31-32-30-24/h3,5-13,15H,2,4,14H2,1H3,(H,29,30,31,32). The Labute approximate surface area is 205 Å². The van der Waals surface area contributed by atoms with Gasteiger partial charge in [0.1, 0.15) is 11.5 Å². The van der Waals surface area contributed by atoms with Gasteiger partial charge in [-0.25, -0.2) is 9.18 Å². The van der Waals surface area contributed by atoms with E-state index in [0.29, 0.717) is 18.8 Å². The predicted molar refractivity (Wildman–Crippen MR) is 131 cm³/mol. The Hall–Kier alpha value is -4.11. The molecule has 0 unspecified atom stereocenters. The van der Waals surface area contributed by atoms with Crippen molar-refractivity contribution in [1.82, 2.24) is 34.7 Å². The van der Waals surface area contributed by atoms with E-state index in [2.05, 4.69) is 25.6 Å². The van der Waals surface area contributed by atoms with Gasteiger partial charge in [-0.05, 0) is 46.5 Å². The molecule has 0 saturated heterocycles. The summed E-state index contributed by atoms with van der Waals surface area (Å²) in [5, 5.41) is 14.4. The fourth-order valence-electron chi connectivity index (χ4n) is 4.10. The van der Waals surface area contributed by atoms with Gasteiger partial charge in [-0.2, -0.15) is 5.21 Å². The fourth-order valence-corrected chi connectivity index (χ4v) is 4.36. The summed E-state index contributed by atoms with van der Waals surface area (Å²) in [7, 11) is 0. The third-order valence-corrected chi connectivity index (χ3v) is 6.06. The first-order valence-electron chi connectivity index (χ1n) is 11.1. The molecule has 2 aromatic carbocycles. The van der Waals surface area contributed by atoms with E-state index in [0.717, 1.165) is 34.4 Å². The molecule has 0 amide bonds. The maximum absolute atomic E-state index is 14.5. The number of imidazole rings is 1. The van der Waals surface area contributed by atoms with E-state index in [1.54, 1.807) is 29.2 Å². The molecule has 35 heavy (non-hydrogen) atoms. The molecular formula is C25H21ClFN7O. The van der Waals surface area contributed by atoms with E-state index in [-0.39, 0.29) is 16.4 Å². The molecule has 0 radical (unpaired) electrons. The molecule has 0 saturated carbocycles. The quantitative estimate of drug-likeness (QED) is 0.358. The van der Waals surface area contributed by atoms with Gasteiger partial charge in [-0.1, -0.05) is 55.3 Å². The highest BCUT2D eigenvalue weighted by Gasteiger charge is 2.18. The molecule has 1 N–H and O–H groups in total. The number of halogens is 2. The Morgan fingerprint density at radius 1 is 1.09 bits per heavy atom. The second-order valence-electron chi connectivity index (χ2n) is 8.03. The molecule has 0 bridgehead atoms. The first-order valence-corrected chi connectivity index (χ1v) is 11.5. The number of aromatic amines is 1. The number of tetrazole rings is 1. The second kappa shape index (κ2) is 9.63. The van der Waals surface area contributed by atoms with Crippen LogP contribution in [-0.4, -0.2) is 34.7 Å². The lowest BCUT2D eigenvalue weighted by Gasteiger charge is -2.10. The van der Waals surface area contributed by atoms with E-state index < -0.39 is 5.82 Å². The zero-order chi connectivity index (χ0) is 24.4. The van der Waals surface area contributed by atoms with Gasteiger partial charge in [-0.3, -0.25) is 14.1 Å². The van der Waals surface area contributed by atoms with Crippen LogP contribution in [-0.2, 0) is 13.0 Å². The highest BCUT2D eigenvalue weighted by molar-refractivity contribution is 6.32. The minimum absolute atomic E-state index is 0.0669. The van der Waals surface area contributed by atoms with Gasteiger partial charge >= 0.3 is 5.69 Å². The number of para-hydroxylation sites is 1. The Kier molecular flexibility index (Phi) is 6.24. The van der Waals surface area contributed by atoms with Gasteiger partial charge in [0.15, 0.2) is 0 Å². The third kappa shape index (κ3) is 4.38. The van der Waals surface area contributed by atoms with E-state index in [4.69, 9.17) is 11.6 Å². The molecule has 0 spiro atoms.